The number of nitrogens with one attached hydrogen (secondary N) is 3. The van der Waals surface area contributed by atoms with E-state index in [1.807, 2.05) is 0 Å². The lowest BCUT2D eigenvalue weighted by Crippen LogP contribution is -2.46. The van der Waals surface area contributed by atoms with Gasteiger partial charge >= 0.3 is 5.97 Å². The van der Waals surface area contributed by atoms with Gasteiger partial charge in [-0.15, -0.1) is 0 Å². The van der Waals surface area contributed by atoms with Crippen molar-refractivity contribution < 1.29 is 19.4 Å². The van der Waals surface area contributed by atoms with Crippen LogP contribution >= 0.6 is 0 Å². The maximum Gasteiger partial charge on any atom is 0.328 e. The van der Waals surface area contributed by atoms with Crippen LogP contribution in [0.4, 0.5) is 0 Å². The average molecular weight is 682 g/mol. The molecular weight excluding hydrogens is 602 g/mol. The summed E-state index contributed by atoms with van der Waals surface area (Å²) in [7, 11) is 0. The molecule has 1 amide bonds. The fourth-order valence-corrected chi connectivity index (χ4v) is 6.15. The van der Waals surface area contributed by atoms with Gasteiger partial charge in [0, 0.05) is 13.0 Å². The fraction of sp³-hybridized carbons (Fsp3) is 0.923. The minimum absolute atomic E-state index is 0.107. The second kappa shape index (κ2) is 35.0. The Kier molecular flexibility index (Phi) is 33.6. The predicted octanol–water partition coefficient (Wildman–Crippen LogP) is 8.54. The number of esters is 1. The Bertz CT molecular complexity index is 754. The Morgan fingerprint density at radius 2 is 1.04 bits per heavy atom. The topological polar surface area (TPSA) is 164 Å². The smallest absolute Gasteiger partial charge is 0.328 e. The molecule has 0 bridgehead atoms. The summed E-state index contributed by atoms with van der Waals surface area (Å²) in [5.41, 5.74) is 11.5. The number of carbonyl (C=O) groups is 2. The van der Waals surface area contributed by atoms with Gasteiger partial charge in [0.15, 0.2) is 5.96 Å². The first-order chi connectivity index (χ1) is 23.3. The van der Waals surface area contributed by atoms with E-state index in [2.05, 4.69) is 24.5 Å². The van der Waals surface area contributed by atoms with Crippen molar-refractivity contribution in [3.8, 4) is 0 Å². The van der Waals surface area contributed by atoms with Crippen LogP contribution in [0.2, 0.25) is 0 Å². The van der Waals surface area contributed by atoms with Crippen LogP contribution in [0.15, 0.2) is 0 Å². The number of amides is 1. The second-order valence-corrected chi connectivity index (χ2v) is 14.1. The number of hydrogen-bond donors (Lipinski definition) is 6. The van der Waals surface area contributed by atoms with Crippen LogP contribution in [0.3, 0.4) is 0 Å². The standard InChI is InChI=1S/C39H79N5O4/c1-3-5-7-9-11-13-15-17-19-21-23-25-27-29-36(45)34(40)33-48-38(47)35(31-32-43-39(41)42)44-37(46)30-28-26-24-22-20-18-16-14-12-10-8-6-4-2/h34-36,45H,3-33,40H2,1-2H3,(H,44,46)(H4,41,42,43)/t34-,35?,36?/m0/s1. The summed E-state index contributed by atoms with van der Waals surface area (Å²) in [5.74, 6) is -0.962. The van der Waals surface area contributed by atoms with Crippen molar-refractivity contribution in [1.82, 2.24) is 10.6 Å². The number of nitrogens with two attached hydrogens (primary N) is 2. The van der Waals surface area contributed by atoms with Gasteiger partial charge in [0.2, 0.25) is 5.91 Å². The average Bonchev–Trinajstić information content (AvgIpc) is 3.06. The molecule has 0 fully saturated rings. The molecule has 3 atom stereocenters. The van der Waals surface area contributed by atoms with Crippen LogP contribution in [-0.2, 0) is 14.3 Å². The highest BCUT2D eigenvalue weighted by molar-refractivity contribution is 5.84. The summed E-state index contributed by atoms with van der Waals surface area (Å²) in [4.78, 5) is 25.5. The molecule has 0 aromatic rings. The molecule has 0 aromatic heterocycles. The van der Waals surface area contributed by atoms with Gasteiger partial charge in [-0.05, 0) is 19.3 Å². The highest BCUT2D eigenvalue weighted by Gasteiger charge is 2.24. The van der Waals surface area contributed by atoms with Crippen LogP contribution in [-0.4, -0.2) is 54.3 Å². The quantitative estimate of drug-likeness (QED) is 0.0167. The number of rotatable bonds is 36. The molecule has 0 aliphatic carbocycles. The zero-order chi connectivity index (χ0) is 35.5. The number of ether oxygens (including phenoxy) is 1. The molecule has 0 heterocycles. The number of carbonyl (C=O) groups excluding carboxylic acids is 2. The van der Waals surface area contributed by atoms with Gasteiger partial charge in [-0.25, -0.2) is 4.79 Å². The first-order valence-corrected chi connectivity index (χ1v) is 20.3. The first kappa shape index (κ1) is 46.1. The van der Waals surface area contributed by atoms with E-state index in [9.17, 15) is 14.7 Å². The molecule has 0 aromatic carbocycles. The number of unbranched alkanes of at least 4 members (excludes halogenated alkanes) is 24. The van der Waals surface area contributed by atoms with Gasteiger partial charge in [0.05, 0.1) is 12.1 Å². The molecule has 9 heteroatoms. The molecule has 48 heavy (non-hydrogen) atoms. The number of aliphatic hydroxyl groups is 1. The molecule has 0 saturated heterocycles. The molecule has 0 saturated carbocycles. The molecule has 0 aliphatic heterocycles. The minimum atomic E-state index is -0.864. The summed E-state index contributed by atoms with van der Waals surface area (Å²) in [5, 5.41) is 23.4. The van der Waals surface area contributed by atoms with E-state index in [0.717, 1.165) is 32.1 Å². The van der Waals surface area contributed by atoms with Crippen molar-refractivity contribution in [2.75, 3.05) is 13.2 Å². The molecule has 0 aliphatic rings. The molecular formula is C39H79N5O4. The molecule has 2 unspecified atom stereocenters. The monoisotopic (exact) mass is 682 g/mol. The van der Waals surface area contributed by atoms with Crippen molar-refractivity contribution in [1.29, 1.82) is 5.41 Å². The zero-order valence-electron chi connectivity index (χ0n) is 31.5. The highest BCUT2D eigenvalue weighted by Crippen LogP contribution is 2.15. The normalized spacial score (nSPS) is 13.2. The molecule has 8 N–H and O–H groups in total. The van der Waals surface area contributed by atoms with Gasteiger partial charge in [-0.1, -0.05) is 174 Å². The van der Waals surface area contributed by atoms with E-state index >= 15 is 0 Å². The number of aliphatic hydroxyl groups excluding tert-OH is 1. The third-order valence-electron chi connectivity index (χ3n) is 9.39. The largest absolute Gasteiger partial charge is 0.462 e. The van der Waals surface area contributed by atoms with Crippen molar-refractivity contribution >= 4 is 17.8 Å². The molecule has 0 rings (SSSR count). The SMILES string of the molecule is CCCCCCCCCCCCCCCC(=O)NC(CCNC(=N)N)C(=O)OC[C@H](N)C(O)CCCCCCCCCCCCCCC. The lowest BCUT2D eigenvalue weighted by molar-refractivity contribution is -0.149. The Hall–Kier alpha value is -1.87. The maximum absolute atomic E-state index is 12.9. The first-order valence-electron chi connectivity index (χ1n) is 20.3. The van der Waals surface area contributed by atoms with E-state index < -0.39 is 24.2 Å². The Morgan fingerprint density at radius 3 is 1.46 bits per heavy atom. The Balaban J connectivity index is 4.13. The van der Waals surface area contributed by atoms with Gasteiger partial charge in [-0.3, -0.25) is 10.2 Å². The van der Waals surface area contributed by atoms with Gasteiger partial charge in [-0.2, -0.15) is 0 Å². The lowest BCUT2D eigenvalue weighted by Gasteiger charge is -2.22. The number of hydrogen-bond acceptors (Lipinski definition) is 6. The third-order valence-corrected chi connectivity index (χ3v) is 9.39. The molecule has 284 valence electrons. The van der Waals surface area contributed by atoms with Crippen molar-refractivity contribution in [2.24, 2.45) is 11.5 Å². The van der Waals surface area contributed by atoms with E-state index in [4.69, 9.17) is 21.6 Å². The summed E-state index contributed by atoms with van der Waals surface area (Å²) in [6.07, 6.45) is 33.0. The highest BCUT2D eigenvalue weighted by atomic mass is 16.5. The van der Waals surface area contributed by atoms with Gasteiger partial charge in [0.1, 0.15) is 12.6 Å². The summed E-state index contributed by atoms with van der Waals surface area (Å²) >= 11 is 0. The van der Waals surface area contributed by atoms with Gasteiger partial charge in [0.25, 0.3) is 0 Å². The van der Waals surface area contributed by atoms with Crippen LogP contribution in [0.5, 0.6) is 0 Å². The third kappa shape index (κ3) is 31.4. The van der Waals surface area contributed by atoms with E-state index in [0.29, 0.717) is 12.8 Å². The summed E-state index contributed by atoms with van der Waals surface area (Å²) in [6, 6.07) is -1.54. The summed E-state index contributed by atoms with van der Waals surface area (Å²) in [6.45, 7) is 4.65. The predicted molar refractivity (Wildman–Crippen MR) is 202 cm³/mol. The fourth-order valence-electron chi connectivity index (χ4n) is 6.15. The zero-order valence-corrected chi connectivity index (χ0v) is 31.5. The van der Waals surface area contributed by atoms with Gasteiger partial charge < -0.3 is 31.9 Å². The van der Waals surface area contributed by atoms with Crippen molar-refractivity contribution in [3.05, 3.63) is 0 Å². The molecule has 9 nitrogen and oxygen atoms in total. The number of guanidine groups is 1. The minimum Gasteiger partial charge on any atom is -0.462 e. The van der Waals surface area contributed by atoms with Crippen LogP contribution in [0.25, 0.3) is 0 Å². The lowest BCUT2D eigenvalue weighted by atomic mass is 10.0. The van der Waals surface area contributed by atoms with Crippen molar-refractivity contribution in [3.63, 3.8) is 0 Å². The van der Waals surface area contributed by atoms with Crippen LogP contribution < -0.4 is 22.1 Å². The second-order valence-electron chi connectivity index (χ2n) is 14.1. The van der Waals surface area contributed by atoms with Crippen LogP contribution in [0, 0.1) is 5.41 Å². The molecule has 0 radical (unpaired) electrons. The van der Waals surface area contributed by atoms with Crippen LogP contribution in [0.1, 0.15) is 200 Å². The van der Waals surface area contributed by atoms with E-state index in [-0.39, 0.29) is 31.4 Å². The Labute approximate surface area is 295 Å². The van der Waals surface area contributed by atoms with Crippen molar-refractivity contribution in [2.45, 2.75) is 218 Å². The molecule has 0 spiro atoms. The summed E-state index contributed by atoms with van der Waals surface area (Å²) < 4.78 is 5.44. The Morgan fingerprint density at radius 1 is 0.646 bits per heavy atom. The maximum atomic E-state index is 12.9. The van der Waals surface area contributed by atoms with E-state index in [1.54, 1.807) is 0 Å². The van der Waals surface area contributed by atoms with E-state index in [1.165, 1.54) is 135 Å².